The van der Waals surface area contributed by atoms with Gasteiger partial charge in [0.05, 0.1) is 19.9 Å². The molecule has 4 nitrogen and oxygen atoms in total. The predicted octanol–water partition coefficient (Wildman–Crippen LogP) is 2.68. The molecule has 2 rings (SSSR count). The van der Waals surface area contributed by atoms with Gasteiger partial charge in [0.2, 0.25) is 10.0 Å². The summed E-state index contributed by atoms with van der Waals surface area (Å²) in [6.45, 7) is 0.777. The van der Waals surface area contributed by atoms with E-state index in [1.165, 1.54) is 22.5 Å². The van der Waals surface area contributed by atoms with Crippen molar-refractivity contribution in [1.82, 2.24) is 4.31 Å². The maximum absolute atomic E-state index is 12.6. The average Bonchev–Trinajstić information content (AvgIpc) is 2.42. The molecule has 0 aromatic heterocycles. The molecular weight excluding hydrogens is 339 g/mol. The quantitative estimate of drug-likeness (QED) is 0.849. The van der Waals surface area contributed by atoms with Crippen LogP contribution in [0, 0.1) is 5.92 Å². The fraction of sp³-hybridized carbons (Fsp3) is 0.417. The minimum atomic E-state index is -3.59. The number of rotatable bonds is 3. The van der Waals surface area contributed by atoms with Crippen LogP contribution >= 0.6 is 35.4 Å². The molecule has 1 heterocycles. The van der Waals surface area contributed by atoms with Crippen molar-refractivity contribution in [3.8, 4) is 0 Å². The molecule has 0 bridgehead atoms. The fourth-order valence-electron chi connectivity index (χ4n) is 2.18. The second-order valence-electron chi connectivity index (χ2n) is 4.68. The third-order valence-electron chi connectivity index (χ3n) is 3.32. The van der Waals surface area contributed by atoms with Crippen LogP contribution in [0.15, 0.2) is 23.1 Å². The summed E-state index contributed by atoms with van der Waals surface area (Å²) < 4.78 is 26.5. The Kier molecular flexibility index (Phi) is 4.92. The standard InChI is InChI=1S/C12H14Cl2N2O2S2/c13-10-4-3-9(6-11(10)14)20(17,18)16-5-1-2-8(7-16)12(15)19/h3-4,6,8H,1-2,5,7H2,(H2,15,19). The SMILES string of the molecule is NC(=S)C1CCCN(S(=O)(=O)c2ccc(Cl)c(Cl)c2)C1. The minimum absolute atomic E-state index is 0.0729. The summed E-state index contributed by atoms with van der Waals surface area (Å²) >= 11 is 16.7. The molecule has 1 atom stereocenters. The minimum Gasteiger partial charge on any atom is -0.393 e. The van der Waals surface area contributed by atoms with Crippen LogP contribution in [0.3, 0.4) is 0 Å². The van der Waals surface area contributed by atoms with Crippen LogP contribution in [0.2, 0.25) is 10.0 Å². The van der Waals surface area contributed by atoms with Gasteiger partial charge in [-0.15, -0.1) is 0 Å². The van der Waals surface area contributed by atoms with Crippen LogP contribution in [-0.4, -0.2) is 30.8 Å². The van der Waals surface area contributed by atoms with Gasteiger partial charge in [-0.25, -0.2) is 8.42 Å². The Balaban J connectivity index is 2.29. The Hall–Kier alpha value is -0.400. The molecule has 0 spiro atoms. The molecule has 20 heavy (non-hydrogen) atoms. The van der Waals surface area contributed by atoms with Crippen LogP contribution in [0.4, 0.5) is 0 Å². The summed E-state index contributed by atoms with van der Waals surface area (Å²) in [4.78, 5) is 0.495. The van der Waals surface area contributed by atoms with Gasteiger partial charge in [-0.3, -0.25) is 0 Å². The Labute approximate surface area is 133 Å². The average molecular weight is 353 g/mol. The normalized spacial score (nSPS) is 20.8. The number of benzene rings is 1. The lowest BCUT2D eigenvalue weighted by molar-refractivity contribution is 0.312. The molecule has 0 radical (unpaired) electrons. The summed E-state index contributed by atoms with van der Waals surface area (Å²) in [7, 11) is -3.59. The molecule has 1 aliphatic heterocycles. The van der Waals surface area contributed by atoms with E-state index in [9.17, 15) is 8.42 Å². The zero-order valence-corrected chi connectivity index (χ0v) is 13.7. The second-order valence-corrected chi connectivity index (χ2v) is 7.90. The van der Waals surface area contributed by atoms with E-state index < -0.39 is 10.0 Å². The van der Waals surface area contributed by atoms with Gasteiger partial charge in [-0.2, -0.15) is 4.31 Å². The molecule has 1 fully saturated rings. The second kappa shape index (κ2) is 6.15. The molecule has 0 aliphatic carbocycles. The Morgan fingerprint density at radius 1 is 1.35 bits per heavy atom. The highest BCUT2D eigenvalue weighted by atomic mass is 35.5. The van der Waals surface area contributed by atoms with Crippen LogP contribution in [0.1, 0.15) is 12.8 Å². The van der Waals surface area contributed by atoms with Gasteiger partial charge in [-0.1, -0.05) is 35.4 Å². The van der Waals surface area contributed by atoms with E-state index in [-0.39, 0.29) is 15.8 Å². The summed E-state index contributed by atoms with van der Waals surface area (Å²) in [6.07, 6.45) is 1.56. The molecule has 1 aromatic carbocycles. The highest BCUT2D eigenvalue weighted by Crippen LogP contribution is 2.28. The molecule has 8 heteroatoms. The third-order valence-corrected chi connectivity index (χ3v) is 6.25. The van der Waals surface area contributed by atoms with E-state index in [1.807, 2.05) is 0 Å². The molecular formula is C12H14Cl2N2O2S2. The van der Waals surface area contributed by atoms with Crippen LogP contribution < -0.4 is 5.73 Å². The monoisotopic (exact) mass is 352 g/mol. The van der Waals surface area contributed by atoms with E-state index in [1.54, 1.807) is 0 Å². The summed E-state index contributed by atoms with van der Waals surface area (Å²) in [6, 6.07) is 4.29. The molecule has 0 saturated carbocycles. The van der Waals surface area contributed by atoms with Gasteiger partial charge in [0.1, 0.15) is 0 Å². The molecule has 1 aromatic rings. The molecule has 2 N–H and O–H groups in total. The maximum atomic E-state index is 12.6. The highest BCUT2D eigenvalue weighted by molar-refractivity contribution is 7.89. The first-order chi connectivity index (χ1) is 9.32. The topological polar surface area (TPSA) is 63.4 Å². The number of piperidine rings is 1. The molecule has 1 unspecified atom stereocenters. The van der Waals surface area contributed by atoms with E-state index in [4.69, 9.17) is 41.2 Å². The first-order valence-electron chi connectivity index (χ1n) is 6.07. The van der Waals surface area contributed by atoms with Crippen molar-refractivity contribution >= 4 is 50.4 Å². The van der Waals surface area contributed by atoms with Crippen molar-refractivity contribution in [1.29, 1.82) is 0 Å². The van der Waals surface area contributed by atoms with Gasteiger partial charge in [0.15, 0.2) is 0 Å². The number of sulfonamides is 1. The van der Waals surface area contributed by atoms with Gasteiger partial charge in [0, 0.05) is 19.0 Å². The number of hydrogen-bond acceptors (Lipinski definition) is 3. The van der Waals surface area contributed by atoms with Gasteiger partial charge in [0.25, 0.3) is 0 Å². The summed E-state index contributed by atoms with van der Waals surface area (Å²) in [5, 5.41) is 0.543. The first kappa shape index (κ1) is 16.0. The molecule has 1 saturated heterocycles. The zero-order valence-electron chi connectivity index (χ0n) is 10.6. The van der Waals surface area contributed by atoms with Crippen molar-refractivity contribution < 1.29 is 8.42 Å². The van der Waals surface area contributed by atoms with Crippen LogP contribution in [0.5, 0.6) is 0 Å². The van der Waals surface area contributed by atoms with E-state index in [0.717, 1.165) is 12.8 Å². The molecule has 110 valence electrons. The number of nitrogens with two attached hydrogens (primary N) is 1. The van der Waals surface area contributed by atoms with Crippen LogP contribution in [0.25, 0.3) is 0 Å². The first-order valence-corrected chi connectivity index (χ1v) is 8.67. The highest BCUT2D eigenvalue weighted by Gasteiger charge is 2.31. The maximum Gasteiger partial charge on any atom is 0.243 e. The lowest BCUT2D eigenvalue weighted by atomic mass is 10.0. The number of thiocarbonyl (C=S) groups is 1. The van der Waals surface area contributed by atoms with Crippen LogP contribution in [-0.2, 0) is 10.0 Å². The lowest BCUT2D eigenvalue weighted by Gasteiger charge is -2.31. The zero-order chi connectivity index (χ0) is 14.9. The van der Waals surface area contributed by atoms with Gasteiger partial charge in [-0.05, 0) is 31.0 Å². The smallest absolute Gasteiger partial charge is 0.243 e. The number of halogens is 2. The largest absolute Gasteiger partial charge is 0.393 e. The summed E-state index contributed by atoms with van der Waals surface area (Å²) in [5.74, 6) is -0.0729. The van der Waals surface area contributed by atoms with Crippen molar-refractivity contribution in [2.24, 2.45) is 11.7 Å². The van der Waals surface area contributed by atoms with E-state index in [2.05, 4.69) is 0 Å². The Bertz CT molecular complexity index is 634. The van der Waals surface area contributed by atoms with E-state index in [0.29, 0.717) is 23.1 Å². The lowest BCUT2D eigenvalue weighted by Crippen LogP contribution is -2.43. The summed E-state index contributed by atoms with van der Waals surface area (Å²) in [5.41, 5.74) is 5.63. The van der Waals surface area contributed by atoms with Gasteiger partial charge >= 0.3 is 0 Å². The molecule has 1 aliphatic rings. The van der Waals surface area contributed by atoms with Crippen molar-refractivity contribution in [3.63, 3.8) is 0 Å². The third kappa shape index (κ3) is 3.26. The van der Waals surface area contributed by atoms with E-state index >= 15 is 0 Å². The van der Waals surface area contributed by atoms with Crippen molar-refractivity contribution in [2.45, 2.75) is 17.7 Å². The number of nitrogens with zero attached hydrogens (tertiary/aromatic N) is 1. The number of hydrogen-bond donors (Lipinski definition) is 1. The molecule has 0 amide bonds. The van der Waals surface area contributed by atoms with Crippen molar-refractivity contribution in [3.05, 3.63) is 28.2 Å². The Morgan fingerprint density at radius 3 is 2.65 bits per heavy atom. The predicted molar refractivity (Wildman–Crippen MR) is 84.7 cm³/mol. The Morgan fingerprint density at radius 2 is 2.05 bits per heavy atom. The van der Waals surface area contributed by atoms with Gasteiger partial charge < -0.3 is 5.73 Å². The fourth-order valence-corrected chi connectivity index (χ4v) is 4.29. The van der Waals surface area contributed by atoms with Crippen molar-refractivity contribution in [2.75, 3.05) is 13.1 Å².